The maximum Gasteiger partial charge on any atom is 0.177 e. The van der Waals surface area contributed by atoms with E-state index < -0.39 is 0 Å². The lowest BCUT2D eigenvalue weighted by atomic mass is 10.0. The van der Waals surface area contributed by atoms with Crippen LogP contribution in [0.3, 0.4) is 0 Å². The molecular weight excluding hydrogens is 278 g/mol. The Bertz CT molecular complexity index is 408. The molecule has 1 aliphatic rings. The topological polar surface area (TPSA) is 20.3 Å². The molecule has 1 aliphatic heterocycles. The van der Waals surface area contributed by atoms with E-state index in [1.807, 2.05) is 24.3 Å². The number of nitrogens with zero attached hydrogens (tertiary/aromatic N) is 1. The van der Waals surface area contributed by atoms with E-state index in [2.05, 4.69) is 34.7 Å². The number of rotatable bonds is 3. The molecule has 92 valence electrons. The molecule has 1 saturated heterocycles. The van der Waals surface area contributed by atoms with Gasteiger partial charge in [0.25, 0.3) is 0 Å². The van der Waals surface area contributed by atoms with Crippen LogP contribution >= 0.6 is 15.9 Å². The monoisotopic (exact) mass is 295 g/mol. The summed E-state index contributed by atoms with van der Waals surface area (Å²) in [7, 11) is 0. The Morgan fingerprint density at radius 2 is 1.88 bits per heavy atom. The normalized spacial score (nSPS) is 25.1. The van der Waals surface area contributed by atoms with E-state index in [1.165, 1.54) is 0 Å². The number of halogens is 1. The summed E-state index contributed by atoms with van der Waals surface area (Å²) in [5, 5.41) is 0. The Morgan fingerprint density at radius 1 is 1.29 bits per heavy atom. The van der Waals surface area contributed by atoms with Gasteiger partial charge in [0.1, 0.15) is 0 Å². The number of ketones is 1. The zero-order valence-corrected chi connectivity index (χ0v) is 11.9. The van der Waals surface area contributed by atoms with Crippen LogP contribution in [0, 0.1) is 11.8 Å². The van der Waals surface area contributed by atoms with Gasteiger partial charge in [-0.25, -0.2) is 0 Å². The first-order valence-corrected chi connectivity index (χ1v) is 6.87. The van der Waals surface area contributed by atoms with Gasteiger partial charge in [0.05, 0.1) is 6.54 Å². The molecule has 0 aliphatic carbocycles. The van der Waals surface area contributed by atoms with Crippen LogP contribution in [0.25, 0.3) is 0 Å². The summed E-state index contributed by atoms with van der Waals surface area (Å²) in [6.07, 6.45) is 0. The van der Waals surface area contributed by atoms with Crippen molar-refractivity contribution < 1.29 is 4.79 Å². The highest BCUT2D eigenvalue weighted by molar-refractivity contribution is 9.10. The van der Waals surface area contributed by atoms with Crippen molar-refractivity contribution in [3.05, 3.63) is 34.3 Å². The molecule has 1 heterocycles. The highest BCUT2D eigenvalue weighted by Crippen LogP contribution is 2.23. The molecule has 2 unspecified atom stereocenters. The lowest BCUT2D eigenvalue weighted by molar-refractivity contribution is 0.0942. The second-order valence-electron chi connectivity index (χ2n) is 5.05. The smallest absolute Gasteiger partial charge is 0.177 e. The van der Waals surface area contributed by atoms with Gasteiger partial charge >= 0.3 is 0 Å². The van der Waals surface area contributed by atoms with Crippen LogP contribution in [0.5, 0.6) is 0 Å². The third kappa shape index (κ3) is 2.96. The minimum absolute atomic E-state index is 0.207. The predicted octanol–water partition coefficient (Wildman–Crippen LogP) is 3.22. The molecule has 1 fully saturated rings. The highest BCUT2D eigenvalue weighted by Gasteiger charge is 2.27. The van der Waals surface area contributed by atoms with Gasteiger partial charge in [0, 0.05) is 23.1 Å². The summed E-state index contributed by atoms with van der Waals surface area (Å²) in [6.45, 7) is 7.13. The average Bonchev–Trinajstić information content (AvgIpc) is 2.58. The van der Waals surface area contributed by atoms with Crippen molar-refractivity contribution >= 4 is 21.7 Å². The molecule has 2 atom stereocenters. The maximum absolute atomic E-state index is 12.2. The molecule has 1 aromatic rings. The minimum Gasteiger partial charge on any atom is -0.295 e. The van der Waals surface area contributed by atoms with Crippen LogP contribution < -0.4 is 0 Å². The lowest BCUT2D eigenvalue weighted by Gasteiger charge is -2.14. The zero-order chi connectivity index (χ0) is 12.4. The molecule has 0 N–H and O–H groups in total. The maximum atomic E-state index is 12.2. The average molecular weight is 296 g/mol. The number of carbonyl (C=O) groups is 1. The van der Waals surface area contributed by atoms with E-state index in [0.29, 0.717) is 18.4 Å². The second kappa shape index (κ2) is 5.32. The molecule has 17 heavy (non-hydrogen) atoms. The summed E-state index contributed by atoms with van der Waals surface area (Å²) >= 11 is 3.43. The molecule has 1 aromatic carbocycles. The summed E-state index contributed by atoms with van der Waals surface area (Å²) < 4.78 is 0.894. The fraction of sp³-hybridized carbons (Fsp3) is 0.500. The summed E-state index contributed by atoms with van der Waals surface area (Å²) in [6, 6.07) is 7.64. The van der Waals surface area contributed by atoms with E-state index >= 15 is 0 Å². The van der Waals surface area contributed by atoms with Crippen LogP contribution in [0.1, 0.15) is 24.2 Å². The molecule has 0 radical (unpaired) electrons. The number of likely N-dealkylation sites (tertiary alicyclic amines) is 1. The number of hydrogen-bond donors (Lipinski definition) is 0. The van der Waals surface area contributed by atoms with Crippen molar-refractivity contribution in [3.63, 3.8) is 0 Å². The Hall–Kier alpha value is -0.670. The van der Waals surface area contributed by atoms with E-state index in [0.717, 1.165) is 23.1 Å². The quantitative estimate of drug-likeness (QED) is 0.798. The van der Waals surface area contributed by atoms with E-state index in [1.54, 1.807) is 0 Å². The van der Waals surface area contributed by atoms with Crippen LogP contribution in [0.2, 0.25) is 0 Å². The van der Waals surface area contributed by atoms with Crippen LogP contribution in [0.4, 0.5) is 0 Å². The number of carbonyl (C=O) groups excluding carboxylic acids is 1. The molecule has 2 rings (SSSR count). The number of hydrogen-bond acceptors (Lipinski definition) is 2. The van der Waals surface area contributed by atoms with Crippen molar-refractivity contribution in [2.75, 3.05) is 19.6 Å². The van der Waals surface area contributed by atoms with Gasteiger partial charge in [-0.15, -0.1) is 0 Å². The zero-order valence-electron chi connectivity index (χ0n) is 10.3. The van der Waals surface area contributed by atoms with E-state index in [-0.39, 0.29) is 5.78 Å². The fourth-order valence-electron chi connectivity index (χ4n) is 2.35. The molecule has 0 spiro atoms. The number of Topliss-reactive ketones (excluding diaryl/α,β-unsaturated/α-hetero) is 1. The molecule has 0 aromatic heterocycles. The highest BCUT2D eigenvalue weighted by atomic mass is 79.9. The van der Waals surface area contributed by atoms with Gasteiger partial charge < -0.3 is 0 Å². The molecule has 2 nitrogen and oxygen atoms in total. The van der Waals surface area contributed by atoms with Gasteiger partial charge in [0.2, 0.25) is 0 Å². The molecule has 3 heteroatoms. The Morgan fingerprint density at radius 3 is 2.47 bits per heavy atom. The van der Waals surface area contributed by atoms with Gasteiger partial charge in [0.15, 0.2) is 5.78 Å². The third-order valence-electron chi connectivity index (χ3n) is 3.61. The molecule has 0 saturated carbocycles. The predicted molar refractivity (Wildman–Crippen MR) is 73.2 cm³/mol. The van der Waals surface area contributed by atoms with Gasteiger partial charge in [-0.05, 0) is 17.9 Å². The van der Waals surface area contributed by atoms with Crippen LogP contribution in [-0.4, -0.2) is 30.3 Å². The lowest BCUT2D eigenvalue weighted by Crippen LogP contribution is -2.28. The molecule has 0 amide bonds. The van der Waals surface area contributed by atoms with Crippen molar-refractivity contribution in [2.24, 2.45) is 11.8 Å². The Balaban J connectivity index is 2.01. The van der Waals surface area contributed by atoms with Gasteiger partial charge in [-0.2, -0.15) is 0 Å². The Kier molecular flexibility index (Phi) is 4.00. The van der Waals surface area contributed by atoms with E-state index in [4.69, 9.17) is 0 Å². The van der Waals surface area contributed by atoms with E-state index in [9.17, 15) is 4.79 Å². The Labute approximate surface area is 111 Å². The summed E-state index contributed by atoms with van der Waals surface area (Å²) in [5.41, 5.74) is 0.791. The summed E-state index contributed by atoms with van der Waals surface area (Å²) in [5.74, 6) is 1.60. The first-order valence-electron chi connectivity index (χ1n) is 6.08. The van der Waals surface area contributed by atoms with Crippen molar-refractivity contribution in [1.29, 1.82) is 0 Å². The van der Waals surface area contributed by atoms with Crippen molar-refractivity contribution in [2.45, 2.75) is 13.8 Å². The van der Waals surface area contributed by atoms with Gasteiger partial charge in [-0.1, -0.05) is 48.0 Å². The fourth-order valence-corrected chi connectivity index (χ4v) is 2.86. The minimum atomic E-state index is 0.207. The van der Waals surface area contributed by atoms with Crippen molar-refractivity contribution in [3.8, 4) is 0 Å². The SMILES string of the molecule is CC1CN(CC(=O)c2ccccc2Br)CC1C. The third-order valence-corrected chi connectivity index (χ3v) is 4.30. The largest absolute Gasteiger partial charge is 0.295 e. The molecular formula is C14H18BrNO. The van der Waals surface area contributed by atoms with Gasteiger partial charge in [-0.3, -0.25) is 9.69 Å². The first kappa shape index (κ1) is 12.8. The van der Waals surface area contributed by atoms with Crippen LogP contribution in [-0.2, 0) is 0 Å². The van der Waals surface area contributed by atoms with Crippen molar-refractivity contribution in [1.82, 2.24) is 4.90 Å². The van der Waals surface area contributed by atoms with Crippen LogP contribution in [0.15, 0.2) is 28.7 Å². The second-order valence-corrected chi connectivity index (χ2v) is 5.91. The number of benzene rings is 1. The first-order chi connectivity index (χ1) is 8.08. The standard InChI is InChI=1S/C14H18BrNO/c1-10-7-16(8-11(10)2)9-14(17)12-5-3-4-6-13(12)15/h3-6,10-11H,7-9H2,1-2H3. The molecule has 0 bridgehead atoms. The summed E-state index contributed by atoms with van der Waals surface area (Å²) in [4.78, 5) is 14.4.